The monoisotopic (exact) mass is 327 g/mol. The summed E-state index contributed by atoms with van der Waals surface area (Å²) in [6.45, 7) is 1.31. The highest BCUT2D eigenvalue weighted by molar-refractivity contribution is 5.92. The molecule has 0 spiro atoms. The summed E-state index contributed by atoms with van der Waals surface area (Å²) in [5.74, 6) is 0.560. The standard InChI is InChI=1S/C18H21N3O3/c1-23-17-7-3-2-6-15(17)21-13-8-9-16(19-11-13)18(22)20-12-14-5-4-10-24-14/h2-3,6-9,11,14,21H,4-5,10,12H2,1H3,(H,20,22). The lowest BCUT2D eigenvalue weighted by Crippen LogP contribution is -2.32. The van der Waals surface area contributed by atoms with Crippen LogP contribution in [0, 0.1) is 0 Å². The number of nitrogens with one attached hydrogen (secondary N) is 2. The number of carbonyl (C=O) groups excluding carboxylic acids is 1. The molecule has 1 aromatic carbocycles. The summed E-state index contributed by atoms with van der Waals surface area (Å²) in [5, 5.41) is 6.09. The maximum atomic E-state index is 12.1. The summed E-state index contributed by atoms with van der Waals surface area (Å²) in [6, 6.07) is 11.1. The van der Waals surface area contributed by atoms with Gasteiger partial charge in [-0.15, -0.1) is 0 Å². The van der Waals surface area contributed by atoms with Crippen LogP contribution in [0.2, 0.25) is 0 Å². The van der Waals surface area contributed by atoms with Crippen molar-refractivity contribution in [3.8, 4) is 5.75 Å². The van der Waals surface area contributed by atoms with E-state index in [9.17, 15) is 4.79 Å². The second kappa shape index (κ2) is 7.79. The second-order valence-corrected chi connectivity index (χ2v) is 5.60. The number of benzene rings is 1. The van der Waals surface area contributed by atoms with Crippen molar-refractivity contribution >= 4 is 17.3 Å². The first kappa shape index (κ1) is 16.3. The summed E-state index contributed by atoms with van der Waals surface area (Å²) in [7, 11) is 1.63. The van der Waals surface area contributed by atoms with Crippen LogP contribution in [-0.2, 0) is 4.74 Å². The van der Waals surface area contributed by atoms with Gasteiger partial charge in [-0.25, -0.2) is 4.98 Å². The first-order valence-corrected chi connectivity index (χ1v) is 8.02. The third kappa shape index (κ3) is 4.02. The third-order valence-corrected chi connectivity index (χ3v) is 3.90. The number of rotatable bonds is 6. The number of anilines is 2. The molecule has 0 bridgehead atoms. The first-order valence-electron chi connectivity index (χ1n) is 8.02. The Balaban J connectivity index is 1.59. The Morgan fingerprint density at radius 1 is 1.33 bits per heavy atom. The van der Waals surface area contributed by atoms with Crippen LogP contribution in [0.1, 0.15) is 23.3 Å². The molecule has 1 aromatic heterocycles. The van der Waals surface area contributed by atoms with Crippen LogP contribution in [-0.4, -0.2) is 37.3 Å². The fraction of sp³-hybridized carbons (Fsp3) is 0.333. The van der Waals surface area contributed by atoms with Gasteiger partial charge >= 0.3 is 0 Å². The van der Waals surface area contributed by atoms with E-state index in [1.807, 2.05) is 30.3 Å². The van der Waals surface area contributed by atoms with E-state index in [1.54, 1.807) is 19.4 Å². The molecule has 3 rings (SSSR count). The van der Waals surface area contributed by atoms with Gasteiger partial charge in [0.2, 0.25) is 0 Å². The maximum Gasteiger partial charge on any atom is 0.269 e. The Morgan fingerprint density at radius 2 is 2.21 bits per heavy atom. The predicted octanol–water partition coefficient (Wildman–Crippen LogP) is 2.74. The number of amides is 1. The van der Waals surface area contributed by atoms with Crippen LogP contribution in [0.3, 0.4) is 0 Å². The highest BCUT2D eigenvalue weighted by Gasteiger charge is 2.17. The molecule has 2 aromatic rings. The number of para-hydroxylation sites is 2. The molecule has 1 saturated heterocycles. The quantitative estimate of drug-likeness (QED) is 0.853. The molecule has 126 valence electrons. The Bertz CT molecular complexity index is 682. The Kier molecular flexibility index (Phi) is 5.28. The predicted molar refractivity (Wildman–Crippen MR) is 91.8 cm³/mol. The normalized spacial score (nSPS) is 16.6. The van der Waals surface area contributed by atoms with Crippen LogP contribution in [0.25, 0.3) is 0 Å². The fourth-order valence-corrected chi connectivity index (χ4v) is 2.61. The smallest absolute Gasteiger partial charge is 0.269 e. The Hall–Kier alpha value is -2.60. The molecule has 1 fully saturated rings. The number of hydrogen-bond donors (Lipinski definition) is 2. The molecule has 1 aliphatic heterocycles. The van der Waals surface area contributed by atoms with Gasteiger partial charge in [0.05, 0.1) is 30.8 Å². The molecular weight excluding hydrogens is 306 g/mol. The van der Waals surface area contributed by atoms with Crippen LogP contribution in [0.5, 0.6) is 5.75 Å². The molecule has 6 heteroatoms. The zero-order chi connectivity index (χ0) is 16.8. The van der Waals surface area contributed by atoms with Crippen LogP contribution in [0.4, 0.5) is 11.4 Å². The van der Waals surface area contributed by atoms with E-state index in [2.05, 4.69) is 15.6 Å². The molecular formula is C18H21N3O3. The lowest BCUT2D eigenvalue weighted by molar-refractivity contribution is 0.0854. The van der Waals surface area contributed by atoms with Crippen molar-refractivity contribution in [2.45, 2.75) is 18.9 Å². The zero-order valence-corrected chi connectivity index (χ0v) is 13.6. The van der Waals surface area contributed by atoms with Crippen molar-refractivity contribution in [2.75, 3.05) is 25.6 Å². The van der Waals surface area contributed by atoms with E-state index in [-0.39, 0.29) is 12.0 Å². The van der Waals surface area contributed by atoms with E-state index >= 15 is 0 Å². The molecule has 24 heavy (non-hydrogen) atoms. The summed E-state index contributed by atoms with van der Waals surface area (Å²) in [4.78, 5) is 16.3. The lowest BCUT2D eigenvalue weighted by Gasteiger charge is -2.12. The largest absolute Gasteiger partial charge is 0.495 e. The van der Waals surface area contributed by atoms with E-state index in [0.29, 0.717) is 12.2 Å². The second-order valence-electron chi connectivity index (χ2n) is 5.60. The van der Waals surface area contributed by atoms with Gasteiger partial charge in [-0.1, -0.05) is 12.1 Å². The van der Waals surface area contributed by atoms with Crippen LogP contribution >= 0.6 is 0 Å². The van der Waals surface area contributed by atoms with Crippen molar-refractivity contribution in [1.82, 2.24) is 10.3 Å². The number of carbonyl (C=O) groups is 1. The number of hydrogen-bond acceptors (Lipinski definition) is 5. The number of pyridine rings is 1. The van der Waals surface area contributed by atoms with Crippen molar-refractivity contribution in [3.63, 3.8) is 0 Å². The Morgan fingerprint density at radius 3 is 2.92 bits per heavy atom. The molecule has 1 unspecified atom stereocenters. The van der Waals surface area contributed by atoms with Crippen LogP contribution in [0.15, 0.2) is 42.6 Å². The van der Waals surface area contributed by atoms with Gasteiger partial charge < -0.3 is 20.1 Å². The van der Waals surface area contributed by atoms with E-state index in [1.165, 1.54) is 0 Å². The van der Waals surface area contributed by atoms with Crippen molar-refractivity contribution in [1.29, 1.82) is 0 Å². The average molecular weight is 327 g/mol. The van der Waals surface area contributed by atoms with E-state index in [4.69, 9.17) is 9.47 Å². The number of methoxy groups -OCH3 is 1. The molecule has 2 N–H and O–H groups in total. The third-order valence-electron chi connectivity index (χ3n) is 3.90. The molecule has 0 aliphatic carbocycles. The average Bonchev–Trinajstić information content (AvgIpc) is 3.14. The minimum Gasteiger partial charge on any atom is -0.495 e. The molecule has 1 amide bonds. The maximum absolute atomic E-state index is 12.1. The number of aromatic nitrogens is 1. The van der Waals surface area contributed by atoms with Crippen LogP contribution < -0.4 is 15.4 Å². The first-order chi connectivity index (χ1) is 11.8. The fourth-order valence-electron chi connectivity index (χ4n) is 2.61. The van der Waals surface area contributed by atoms with Gasteiger partial charge in [0.25, 0.3) is 5.91 Å². The summed E-state index contributed by atoms with van der Waals surface area (Å²) in [6.07, 6.45) is 3.81. The minimum absolute atomic E-state index is 0.125. The SMILES string of the molecule is COc1ccccc1Nc1ccc(C(=O)NCC2CCCO2)nc1. The summed E-state index contributed by atoms with van der Waals surface area (Å²) >= 11 is 0. The molecule has 2 heterocycles. The Labute approximate surface area is 141 Å². The molecule has 1 aliphatic rings. The van der Waals surface area contributed by atoms with E-state index in [0.717, 1.165) is 36.6 Å². The van der Waals surface area contributed by atoms with Gasteiger partial charge in [0.15, 0.2) is 0 Å². The number of ether oxygens (including phenoxy) is 2. The molecule has 1 atom stereocenters. The van der Waals surface area contributed by atoms with Gasteiger partial charge in [-0.3, -0.25) is 4.79 Å². The summed E-state index contributed by atoms with van der Waals surface area (Å²) in [5.41, 5.74) is 2.02. The number of nitrogens with zero attached hydrogens (tertiary/aromatic N) is 1. The van der Waals surface area contributed by atoms with Gasteiger partial charge in [-0.05, 0) is 37.1 Å². The molecule has 0 saturated carbocycles. The lowest BCUT2D eigenvalue weighted by atomic mass is 10.2. The molecule has 0 radical (unpaired) electrons. The van der Waals surface area contributed by atoms with Gasteiger partial charge in [0.1, 0.15) is 11.4 Å². The van der Waals surface area contributed by atoms with Gasteiger partial charge in [-0.2, -0.15) is 0 Å². The summed E-state index contributed by atoms with van der Waals surface area (Å²) < 4.78 is 10.8. The van der Waals surface area contributed by atoms with Gasteiger partial charge in [0, 0.05) is 13.2 Å². The van der Waals surface area contributed by atoms with E-state index < -0.39 is 0 Å². The van der Waals surface area contributed by atoms with Crippen molar-refractivity contribution in [2.24, 2.45) is 0 Å². The van der Waals surface area contributed by atoms with Crippen molar-refractivity contribution < 1.29 is 14.3 Å². The highest BCUT2D eigenvalue weighted by Crippen LogP contribution is 2.26. The molecule has 6 nitrogen and oxygen atoms in total. The topological polar surface area (TPSA) is 72.5 Å². The minimum atomic E-state index is -0.186. The van der Waals surface area contributed by atoms with Crippen molar-refractivity contribution in [3.05, 3.63) is 48.3 Å². The highest BCUT2D eigenvalue weighted by atomic mass is 16.5. The zero-order valence-electron chi connectivity index (χ0n) is 13.6.